The van der Waals surface area contributed by atoms with Crippen molar-refractivity contribution in [3.05, 3.63) is 35.9 Å². The van der Waals surface area contributed by atoms with Crippen molar-refractivity contribution in [3.63, 3.8) is 0 Å². The quantitative estimate of drug-likeness (QED) is 0.848. The third-order valence-corrected chi connectivity index (χ3v) is 3.76. The molecular weight excluding hydrogens is 200 g/mol. The van der Waals surface area contributed by atoms with E-state index >= 15 is 0 Å². The fourth-order valence-electron chi connectivity index (χ4n) is 2.71. The van der Waals surface area contributed by atoms with Gasteiger partial charge in [0.25, 0.3) is 0 Å². The molecule has 0 aromatic heterocycles. The zero-order valence-electron chi connectivity index (χ0n) is 9.86. The summed E-state index contributed by atoms with van der Waals surface area (Å²) in [4.78, 5) is 0. The van der Waals surface area contributed by atoms with Gasteiger partial charge >= 0.3 is 0 Å². The summed E-state index contributed by atoms with van der Waals surface area (Å²) in [5.74, 6) is 0. The van der Waals surface area contributed by atoms with Crippen LogP contribution in [-0.2, 0) is 10.2 Å². The summed E-state index contributed by atoms with van der Waals surface area (Å²) < 4.78 is 5.43. The van der Waals surface area contributed by atoms with Crippen molar-refractivity contribution in [1.29, 1.82) is 0 Å². The van der Waals surface area contributed by atoms with E-state index in [1.54, 1.807) is 0 Å². The molecular formula is C14H20O2. The molecule has 0 bridgehead atoms. The van der Waals surface area contributed by atoms with Crippen molar-refractivity contribution in [2.75, 3.05) is 13.2 Å². The minimum atomic E-state index is -0.265. The lowest BCUT2D eigenvalue weighted by Crippen LogP contribution is -2.44. The average Bonchev–Trinajstić information content (AvgIpc) is 2.39. The van der Waals surface area contributed by atoms with Crippen LogP contribution < -0.4 is 0 Å². The van der Waals surface area contributed by atoms with Gasteiger partial charge in [-0.3, -0.25) is 0 Å². The molecule has 2 nitrogen and oxygen atoms in total. The van der Waals surface area contributed by atoms with Crippen molar-refractivity contribution >= 4 is 0 Å². The maximum Gasteiger partial charge on any atom is 0.0635 e. The summed E-state index contributed by atoms with van der Waals surface area (Å²) in [6.45, 7) is 3.56. The molecule has 1 aromatic rings. The van der Waals surface area contributed by atoms with Crippen molar-refractivity contribution in [2.24, 2.45) is 0 Å². The highest BCUT2D eigenvalue weighted by Gasteiger charge is 2.39. The van der Waals surface area contributed by atoms with Gasteiger partial charge < -0.3 is 9.84 Å². The minimum absolute atomic E-state index is 0.0890. The monoisotopic (exact) mass is 220 g/mol. The van der Waals surface area contributed by atoms with E-state index in [0.29, 0.717) is 0 Å². The molecule has 0 amide bonds. The summed E-state index contributed by atoms with van der Waals surface area (Å²) in [5.41, 5.74) is 1.17. The van der Waals surface area contributed by atoms with Crippen LogP contribution in [0, 0.1) is 0 Å². The van der Waals surface area contributed by atoms with Crippen molar-refractivity contribution in [1.82, 2.24) is 0 Å². The Labute approximate surface area is 97.3 Å². The number of rotatable bonds is 3. The first-order valence-corrected chi connectivity index (χ1v) is 6.11. The van der Waals surface area contributed by atoms with Crippen LogP contribution in [0.2, 0.25) is 0 Å². The molecule has 2 rings (SSSR count). The Morgan fingerprint density at radius 3 is 2.44 bits per heavy atom. The number of hydrogen-bond acceptors (Lipinski definition) is 2. The van der Waals surface area contributed by atoms with Gasteiger partial charge in [-0.25, -0.2) is 0 Å². The van der Waals surface area contributed by atoms with Gasteiger partial charge in [0.2, 0.25) is 0 Å². The van der Waals surface area contributed by atoms with Crippen LogP contribution in [0.15, 0.2) is 30.3 Å². The molecule has 0 spiro atoms. The Morgan fingerprint density at radius 1 is 1.25 bits per heavy atom. The van der Waals surface area contributed by atoms with E-state index in [4.69, 9.17) is 4.74 Å². The van der Waals surface area contributed by atoms with Crippen molar-refractivity contribution in [3.8, 4) is 0 Å². The Hall–Kier alpha value is -0.860. The van der Waals surface area contributed by atoms with E-state index in [0.717, 1.165) is 32.5 Å². The highest BCUT2D eigenvalue weighted by molar-refractivity contribution is 5.27. The first-order valence-electron chi connectivity index (χ1n) is 6.11. The summed E-state index contributed by atoms with van der Waals surface area (Å²) in [6.07, 6.45) is 2.38. The van der Waals surface area contributed by atoms with Crippen LogP contribution in [0.25, 0.3) is 0 Å². The Balaban J connectivity index is 2.34. The summed E-state index contributed by atoms with van der Waals surface area (Å²) in [6, 6.07) is 10.4. The molecule has 1 aliphatic heterocycles. The van der Waals surface area contributed by atoms with Gasteiger partial charge in [-0.15, -0.1) is 0 Å². The maximum atomic E-state index is 10.3. The lowest BCUT2D eigenvalue weighted by atomic mass is 9.69. The van der Waals surface area contributed by atoms with Crippen LogP contribution in [0.1, 0.15) is 31.7 Å². The van der Waals surface area contributed by atoms with Gasteiger partial charge in [0.15, 0.2) is 0 Å². The molecule has 88 valence electrons. The van der Waals surface area contributed by atoms with Gasteiger partial charge in [-0.1, -0.05) is 37.3 Å². The van der Waals surface area contributed by atoms with Gasteiger partial charge in [0.1, 0.15) is 0 Å². The Kier molecular flexibility index (Phi) is 3.62. The smallest absolute Gasteiger partial charge is 0.0635 e. The number of aliphatic hydroxyl groups is 1. The second-order valence-electron chi connectivity index (χ2n) is 4.56. The molecule has 0 saturated carbocycles. The van der Waals surface area contributed by atoms with Crippen LogP contribution in [0.3, 0.4) is 0 Å². The standard InChI is InChI=1S/C14H20O2/c1-2-13(15)14(8-10-16-11-9-14)12-6-4-3-5-7-12/h3-7,13,15H,2,8-11H2,1H3/t13-/m1/s1. The second kappa shape index (κ2) is 4.98. The molecule has 0 unspecified atom stereocenters. The number of benzene rings is 1. The third kappa shape index (κ3) is 2.00. The number of ether oxygens (including phenoxy) is 1. The van der Waals surface area contributed by atoms with Gasteiger partial charge in [-0.05, 0) is 24.8 Å². The molecule has 1 N–H and O–H groups in total. The summed E-state index contributed by atoms with van der Waals surface area (Å²) >= 11 is 0. The molecule has 0 aliphatic carbocycles. The average molecular weight is 220 g/mol. The van der Waals surface area contributed by atoms with Crippen molar-refractivity contribution in [2.45, 2.75) is 37.7 Å². The first kappa shape index (κ1) is 11.6. The largest absolute Gasteiger partial charge is 0.392 e. The third-order valence-electron chi connectivity index (χ3n) is 3.76. The SMILES string of the molecule is CC[C@@H](O)C1(c2ccccc2)CCOCC1. The van der Waals surface area contributed by atoms with Crippen molar-refractivity contribution < 1.29 is 9.84 Å². The van der Waals surface area contributed by atoms with E-state index in [9.17, 15) is 5.11 Å². The van der Waals surface area contributed by atoms with E-state index in [-0.39, 0.29) is 11.5 Å². The predicted octanol–water partition coefficient (Wildman–Crippen LogP) is 2.51. The van der Waals surface area contributed by atoms with E-state index in [2.05, 4.69) is 24.3 Å². The van der Waals surface area contributed by atoms with Gasteiger partial charge in [0.05, 0.1) is 6.10 Å². The maximum absolute atomic E-state index is 10.3. The highest BCUT2D eigenvalue weighted by Crippen LogP contribution is 2.39. The van der Waals surface area contributed by atoms with E-state index in [1.807, 2.05) is 13.0 Å². The van der Waals surface area contributed by atoms with Crippen LogP contribution >= 0.6 is 0 Å². The summed E-state index contributed by atoms with van der Waals surface area (Å²) in [5, 5.41) is 10.3. The fourth-order valence-corrected chi connectivity index (χ4v) is 2.71. The lowest BCUT2D eigenvalue weighted by Gasteiger charge is -2.41. The van der Waals surface area contributed by atoms with E-state index < -0.39 is 0 Å². The highest BCUT2D eigenvalue weighted by atomic mass is 16.5. The molecule has 1 aliphatic rings. The molecule has 0 radical (unpaired) electrons. The fraction of sp³-hybridized carbons (Fsp3) is 0.571. The molecule has 1 aromatic carbocycles. The topological polar surface area (TPSA) is 29.5 Å². The minimum Gasteiger partial charge on any atom is -0.392 e. The van der Waals surface area contributed by atoms with Crippen LogP contribution in [0.4, 0.5) is 0 Å². The zero-order valence-corrected chi connectivity index (χ0v) is 9.86. The van der Waals surface area contributed by atoms with Crippen LogP contribution in [0.5, 0.6) is 0 Å². The predicted molar refractivity (Wildman–Crippen MR) is 64.5 cm³/mol. The lowest BCUT2D eigenvalue weighted by molar-refractivity contribution is -0.0170. The second-order valence-corrected chi connectivity index (χ2v) is 4.56. The molecule has 1 atom stereocenters. The first-order chi connectivity index (χ1) is 7.79. The molecule has 16 heavy (non-hydrogen) atoms. The van der Waals surface area contributed by atoms with Gasteiger partial charge in [-0.2, -0.15) is 0 Å². The van der Waals surface area contributed by atoms with Gasteiger partial charge in [0, 0.05) is 18.6 Å². The zero-order chi connectivity index (χ0) is 11.4. The number of aliphatic hydroxyl groups excluding tert-OH is 1. The molecule has 1 heterocycles. The molecule has 1 saturated heterocycles. The Morgan fingerprint density at radius 2 is 1.88 bits per heavy atom. The number of hydrogen-bond donors (Lipinski definition) is 1. The van der Waals surface area contributed by atoms with E-state index in [1.165, 1.54) is 5.56 Å². The molecule has 2 heteroatoms. The Bertz CT molecular complexity index is 315. The normalized spacial score (nSPS) is 21.6. The molecule has 1 fully saturated rings. The van der Waals surface area contributed by atoms with Crippen LogP contribution in [-0.4, -0.2) is 24.4 Å². The summed E-state index contributed by atoms with van der Waals surface area (Å²) in [7, 11) is 0.